The molecule has 0 bridgehead atoms. The Labute approximate surface area is 160 Å². The van der Waals surface area contributed by atoms with Gasteiger partial charge in [-0.05, 0) is 68.1 Å². The predicted octanol–water partition coefficient (Wildman–Crippen LogP) is 4.81. The highest BCUT2D eigenvalue weighted by atomic mass is 16.5. The van der Waals surface area contributed by atoms with Crippen LogP contribution in [0.3, 0.4) is 0 Å². The molecule has 2 N–H and O–H groups in total. The Hall–Kier alpha value is -3.08. The number of nitrogens with one attached hydrogen (secondary N) is 2. The fourth-order valence-electron chi connectivity index (χ4n) is 2.82. The second-order valence-electron chi connectivity index (χ2n) is 6.63. The second kappa shape index (κ2) is 8.54. The van der Waals surface area contributed by atoms with Crippen LogP contribution in [-0.2, 0) is 6.42 Å². The topological polar surface area (TPSA) is 59.1 Å². The van der Waals surface area contributed by atoms with Gasteiger partial charge in [0.25, 0.3) is 0 Å². The molecule has 0 aliphatic carbocycles. The highest BCUT2D eigenvalue weighted by Crippen LogP contribution is 2.20. The minimum Gasteiger partial charge on any atom is -0.497 e. The third kappa shape index (κ3) is 5.20. The molecule has 3 aromatic rings. The van der Waals surface area contributed by atoms with Crippen LogP contribution < -0.4 is 15.4 Å². The Kier molecular flexibility index (Phi) is 5.91. The number of benzene rings is 2. The van der Waals surface area contributed by atoms with E-state index in [1.807, 2.05) is 25.1 Å². The fraction of sp³-hybridized carbons (Fsp3) is 0.273. The zero-order valence-electron chi connectivity index (χ0n) is 16.3. The third-order valence-electron chi connectivity index (χ3n) is 4.50. The Morgan fingerprint density at radius 2 is 1.59 bits per heavy atom. The summed E-state index contributed by atoms with van der Waals surface area (Å²) in [5.41, 5.74) is 4.81. The van der Waals surface area contributed by atoms with Gasteiger partial charge in [0.2, 0.25) is 0 Å². The van der Waals surface area contributed by atoms with Gasteiger partial charge in [0, 0.05) is 18.3 Å². The summed E-state index contributed by atoms with van der Waals surface area (Å²) < 4.78 is 5.19. The van der Waals surface area contributed by atoms with E-state index in [1.54, 1.807) is 7.11 Å². The number of hydrogen-bond donors (Lipinski definition) is 2. The van der Waals surface area contributed by atoms with E-state index in [0.29, 0.717) is 0 Å². The molecule has 1 aromatic heterocycles. The lowest BCUT2D eigenvalue weighted by molar-refractivity contribution is 0.414. The molecule has 0 unspecified atom stereocenters. The molecule has 0 atom stereocenters. The predicted molar refractivity (Wildman–Crippen MR) is 111 cm³/mol. The lowest BCUT2D eigenvalue weighted by Gasteiger charge is -2.11. The van der Waals surface area contributed by atoms with Crippen LogP contribution in [0.2, 0.25) is 0 Å². The maximum Gasteiger partial charge on any atom is 0.136 e. The summed E-state index contributed by atoms with van der Waals surface area (Å²) in [5, 5.41) is 6.76. The summed E-state index contributed by atoms with van der Waals surface area (Å²) in [6.07, 6.45) is 0.910. The highest BCUT2D eigenvalue weighted by molar-refractivity contribution is 5.60. The molecule has 0 saturated carbocycles. The number of rotatable bonds is 7. The Bertz CT molecular complexity index is 907. The van der Waals surface area contributed by atoms with Gasteiger partial charge in [0.05, 0.1) is 7.11 Å². The van der Waals surface area contributed by atoms with E-state index < -0.39 is 0 Å². The van der Waals surface area contributed by atoms with Crippen molar-refractivity contribution in [2.24, 2.45) is 0 Å². The van der Waals surface area contributed by atoms with Crippen molar-refractivity contribution in [3.05, 3.63) is 71.0 Å². The van der Waals surface area contributed by atoms with E-state index in [1.165, 1.54) is 16.7 Å². The summed E-state index contributed by atoms with van der Waals surface area (Å²) in [4.78, 5) is 8.97. The smallest absolute Gasteiger partial charge is 0.136 e. The SMILES string of the molecule is COc1ccc(CCNc2cc(Nc3ccc(C)c(C)c3)nc(C)n2)cc1. The normalized spacial score (nSPS) is 10.5. The number of anilines is 3. The monoisotopic (exact) mass is 362 g/mol. The zero-order chi connectivity index (χ0) is 19.2. The minimum atomic E-state index is 0.732. The molecule has 140 valence electrons. The average Bonchev–Trinajstić information content (AvgIpc) is 2.65. The van der Waals surface area contributed by atoms with Gasteiger partial charge in [-0.2, -0.15) is 0 Å². The molecule has 0 fully saturated rings. The maximum absolute atomic E-state index is 5.19. The molecule has 0 radical (unpaired) electrons. The molecule has 3 rings (SSSR count). The van der Waals surface area contributed by atoms with Crippen LogP contribution in [0, 0.1) is 20.8 Å². The van der Waals surface area contributed by atoms with Crippen molar-refractivity contribution in [3.63, 3.8) is 0 Å². The zero-order valence-corrected chi connectivity index (χ0v) is 16.3. The molecule has 2 aromatic carbocycles. The van der Waals surface area contributed by atoms with Crippen molar-refractivity contribution < 1.29 is 4.74 Å². The lowest BCUT2D eigenvalue weighted by atomic mass is 10.1. The highest BCUT2D eigenvalue weighted by Gasteiger charge is 2.04. The second-order valence-corrected chi connectivity index (χ2v) is 6.63. The molecule has 1 heterocycles. The first kappa shape index (κ1) is 18.7. The summed E-state index contributed by atoms with van der Waals surface area (Å²) in [6.45, 7) is 6.92. The van der Waals surface area contributed by atoms with Crippen molar-refractivity contribution >= 4 is 17.3 Å². The first-order valence-electron chi connectivity index (χ1n) is 9.10. The summed E-state index contributed by atoms with van der Waals surface area (Å²) in [5.74, 6) is 3.22. The van der Waals surface area contributed by atoms with Crippen LogP contribution in [-0.4, -0.2) is 23.6 Å². The fourth-order valence-corrected chi connectivity index (χ4v) is 2.82. The number of aromatic nitrogens is 2. The Balaban J connectivity index is 1.62. The van der Waals surface area contributed by atoms with E-state index in [2.05, 4.69) is 64.8 Å². The van der Waals surface area contributed by atoms with Gasteiger partial charge in [0.1, 0.15) is 23.2 Å². The lowest BCUT2D eigenvalue weighted by Crippen LogP contribution is -2.08. The van der Waals surface area contributed by atoms with Crippen LogP contribution in [0.5, 0.6) is 5.75 Å². The first-order chi connectivity index (χ1) is 13.0. The standard InChI is InChI=1S/C22H26N4O/c1-15-5-8-19(13-16(15)2)26-22-14-21(24-17(3)25-22)23-12-11-18-6-9-20(27-4)10-7-18/h5-10,13-14H,11-12H2,1-4H3,(H2,23,24,25,26). The molecule has 0 spiro atoms. The molecule has 5 heteroatoms. The van der Waals surface area contributed by atoms with E-state index in [-0.39, 0.29) is 0 Å². The van der Waals surface area contributed by atoms with Crippen molar-refractivity contribution in [1.29, 1.82) is 0 Å². The van der Waals surface area contributed by atoms with E-state index in [0.717, 1.165) is 41.9 Å². The van der Waals surface area contributed by atoms with Gasteiger partial charge in [0.15, 0.2) is 0 Å². The quantitative estimate of drug-likeness (QED) is 0.632. The number of methoxy groups -OCH3 is 1. The molecule has 0 amide bonds. The minimum absolute atomic E-state index is 0.732. The summed E-state index contributed by atoms with van der Waals surface area (Å²) in [6, 6.07) is 16.4. The van der Waals surface area contributed by atoms with Crippen molar-refractivity contribution in [2.75, 3.05) is 24.3 Å². The van der Waals surface area contributed by atoms with Crippen LogP contribution in [0.25, 0.3) is 0 Å². The van der Waals surface area contributed by atoms with Crippen LogP contribution in [0.15, 0.2) is 48.5 Å². The van der Waals surface area contributed by atoms with E-state index >= 15 is 0 Å². The van der Waals surface area contributed by atoms with Gasteiger partial charge in [-0.15, -0.1) is 0 Å². The Morgan fingerprint density at radius 1 is 0.852 bits per heavy atom. The first-order valence-corrected chi connectivity index (χ1v) is 9.10. The van der Waals surface area contributed by atoms with Crippen molar-refractivity contribution in [2.45, 2.75) is 27.2 Å². The number of ether oxygens (including phenoxy) is 1. The van der Waals surface area contributed by atoms with Gasteiger partial charge in [-0.1, -0.05) is 18.2 Å². The van der Waals surface area contributed by atoms with Crippen LogP contribution in [0.4, 0.5) is 17.3 Å². The van der Waals surface area contributed by atoms with Crippen LogP contribution in [0.1, 0.15) is 22.5 Å². The molecule has 27 heavy (non-hydrogen) atoms. The molecule has 0 aliphatic rings. The average molecular weight is 362 g/mol. The van der Waals surface area contributed by atoms with Gasteiger partial charge in [-0.25, -0.2) is 9.97 Å². The van der Waals surface area contributed by atoms with Crippen molar-refractivity contribution in [1.82, 2.24) is 9.97 Å². The largest absolute Gasteiger partial charge is 0.497 e. The van der Waals surface area contributed by atoms with Crippen LogP contribution >= 0.6 is 0 Å². The summed E-state index contributed by atoms with van der Waals surface area (Å²) in [7, 11) is 1.68. The Morgan fingerprint density at radius 3 is 2.30 bits per heavy atom. The number of nitrogens with zero attached hydrogens (tertiary/aromatic N) is 2. The van der Waals surface area contributed by atoms with Gasteiger partial charge < -0.3 is 15.4 Å². The molecule has 0 saturated heterocycles. The molecular formula is C22H26N4O. The third-order valence-corrected chi connectivity index (χ3v) is 4.50. The molecule has 0 aliphatic heterocycles. The molecular weight excluding hydrogens is 336 g/mol. The number of hydrogen-bond acceptors (Lipinski definition) is 5. The summed E-state index contributed by atoms with van der Waals surface area (Å²) >= 11 is 0. The maximum atomic E-state index is 5.19. The van der Waals surface area contributed by atoms with Gasteiger partial charge >= 0.3 is 0 Å². The van der Waals surface area contributed by atoms with E-state index in [9.17, 15) is 0 Å². The number of aryl methyl sites for hydroxylation is 3. The van der Waals surface area contributed by atoms with Gasteiger partial charge in [-0.3, -0.25) is 0 Å². The van der Waals surface area contributed by atoms with Crippen molar-refractivity contribution in [3.8, 4) is 5.75 Å². The molecule has 5 nitrogen and oxygen atoms in total. The van der Waals surface area contributed by atoms with E-state index in [4.69, 9.17) is 4.74 Å².